The van der Waals surface area contributed by atoms with Gasteiger partial charge in [-0.1, -0.05) is 51.5 Å². The number of aliphatic hydroxyl groups excluding tert-OH is 1. The van der Waals surface area contributed by atoms with E-state index < -0.39 is 23.6 Å². The van der Waals surface area contributed by atoms with Gasteiger partial charge in [0, 0.05) is 25.9 Å². The van der Waals surface area contributed by atoms with Crippen molar-refractivity contribution in [2.24, 2.45) is 11.1 Å². The molecule has 1 unspecified atom stereocenters. The Labute approximate surface area is 241 Å². The van der Waals surface area contributed by atoms with Gasteiger partial charge in [-0.25, -0.2) is 4.98 Å². The molecule has 1 aliphatic heterocycles. The van der Waals surface area contributed by atoms with E-state index in [2.05, 4.69) is 15.6 Å². The second-order valence-corrected chi connectivity index (χ2v) is 11.9. The van der Waals surface area contributed by atoms with Gasteiger partial charge < -0.3 is 26.4 Å². The number of aromatic nitrogens is 1. The van der Waals surface area contributed by atoms with E-state index in [-0.39, 0.29) is 43.1 Å². The molecule has 5 N–H and O–H groups in total. The van der Waals surface area contributed by atoms with Crippen molar-refractivity contribution in [3.8, 4) is 10.4 Å². The van der Waals surface area contributed by atoms with Crippen LogP contribution in [0.3, 0.4) is 0 Å². The molecule has 1 aromatic heterocycles. The first kappa shape index (κ1) is 32.7. The molecule has 9 nitrogen and oxygen atoms in total. The monoisotopic (exact) mass is 579 g/mol. The standard InChI is InChI=1S/C28H41N5O4S.ClH/c1-18-24(38-17-31-18)20-11-9-19(10-12-20)15-30-26(36)22-14-21(34)16-33(22)27(37)25(28(2,3)4)32-23(35)8-6-5-7-13-29;/h9-12,17,21-22,25,34H,5-8,13-16,29H2,1-4H3,(H,30,36)(H,32,35);1H/t21-,22+,25?;/m1./s1. The van der Waals surface area contributed by atoms with Gasteiger partial charge in [0.05, 0.1) is 22.2 Å². The van der Waals surface area contributed by atoms with Crippen LogP contribution < -0.4 is 16.4 Å². The van der Waals surface area contributed by atoms with Gasteiger partial charge in [-0.2, -0.15) is 0 Å². The van der Waals surface area contributed by atoms with Gasteiger partial charge in [-0.05, 0) is 42.9 Å². The molecule has 11 heteroatoms. The van der Waals surface area contributed by atoms with Crippen LogP contribution in [0.5, 0.6) is 0 Å². The fourth-order valence-electron chi connectivity index (χ4n) is 4.62. The van der Waals surface area contributed by atoms with E-state index in [1.165, 1.54) is 4.90 Å². The van der Waals surface area contributed by atoms with Gasteiger partial charge in [-0.15, -0.1) is 23.7 Å². The maximum atomic E-state index is 13.6. The highest BCUT2D eigenvalue weighted by atomic mass is 35.5. The minimum atomic E-state index is -0.812. The first-order valence-electron chi connectivity index (χ1n) is 13.3. The van der Waals surface area contributed by atoms with Crippen LogP contribution in [0.15, 0.2) is 29.8 Å². The number of unbranched alkanes of at least 4 members (excludes halogenated alkanes) is 2. The molecule has 3 rings (SSSR count). The van der Waals surface area contributed by atoms with Gasteiger partial charge in [0.15, 0.2) is 0 Å². The molecule has 3 atom stereocenters. The number of halogens is 1. The normalized spacial score (nSPS) is 17.8. The number of amides is 3. The number of rotatable bonds is 11. The van der Waals surface area contributed by atoms with Crippen LogP contribution >= 0.6 is 23.7 Å². The molecule has 1 saturated heterocycles. The average molecular weight is 580 g/mol. The topological polar surface area (TPSA) is 138 Å². The van der Waals surface area contributed by atoms with Crippen molar-refractivity contribution in [1.29, 1.82) is 0 Å². The minimum absolute atomic E-state index is 0. The predicted molar refractivity (Wildman–Crippen MR) is 156 cm³/mol. The highest BCUT2D eigenvalue weighted by Crippen LogP contribution is 2.28. The number of nitrogens with two attached hydrogens (primary N) is 1. The minimum Gasteiger partial charge on any atom is -0.391 e. The largest absolute Gasteiger partial charge is 0.391 e. The third-order valence-corrected chi connectivity index (χ3v) is 7.80. The van der Waals surface area contributed by atoms with Crippen LogP contribution in [0.2, 0.25) is 0 Å². The smallest absolute Gasteiger partial charge is 0.246 e. The van der Waals surface area contributed by atoms with E-state index >= 15 is 0 Å². The van der Waals surface area contributed by atoms with Gasteiger partial charge in [0.1, 0.15) is 12.1 Å². The molecule has 2 heterocycles. The molecule has 39 heavy (non-hydrogen) atoms. The van der Waals surface area contributed by atoms with Gasteiger partial charge in [-0.3, -0.25) is 14.4 Å². The van der Waals surface area contributed by atoms with Crippen LogP contribution in [0.1, 0.15) is 64.1 Å². The zero-order valence-electron chi connectivity index (χ0n) is 23.2. The Morgan fingerprint density at radius 1 is 1.18 bits per heavy atom. The zero-order valence-corrected chi connectivity index (χ0v) is 24.9. The summed E-state index contributed by atoms with van der Waals surface area (Å²) < 4.78 is 0. The number of aliphatic hydroxyl groups is 1. The molecule has 0 aliphatic carbocycles. The molecule has 216 valence electrons. The quantitative estimate of drug-likeness (QED) is 0.302. The van der Waals surface area contributed by atoms with Crippen molar-refractivity contribution < 1.29 is 19.5 Å². The number of hydrogen-bond acceptors (Lipinski definition) is 7. The zero-order chi connectivity index (χ0) is 27.9. The number of benzene rings is 1. The fourth-order valence-corrected chi connectivity index (χ4v) is 5.43. The third-order valence-electron chi connectivity index (χ3n) is 6.82. The lowest BCUT2D eigenvalue weighted by Crippen LogP contribution is -2.57. The summed E-state index contributed by atoms with van der Waals surface area (Å²) in [6.07, 6.45) is 2.08. The van der Waals surface area contributed by atoms with Crippen molar-refractivity contribution in [2.75, 3.05) is 13.1 Å². The molecule has 3 amide bonds. The number of carbonyl (C=O) groups is 3. The molecule has 2 aromatic rings. The molecule has 0 saturated carbocycles. The number of aryl methyl sites for hydroxylation is 1. The highest BCUT2D eigenvalue weighted by Gasteiger charge is 2.44. The Morgan fingerprint density at radius 2 is 1.87 bits per heavy atom. The Balaban J connectivity index is 0.00000533. The second-order valence-electron chi connectivity index (χ2n) is 11.0. The van der Waals surface area contributed by atoms with Gasteiger partial charge in [0.25, 0.3) is 0 Å². The van der Waals surface area contributed by atoms with E-state index in [0.717, 1.165) is 34.5 Å². The van der Waals surface area contributed by atoms with Crippen molar-refractivity contribution in [2.45, 2.75) is 84.5 Å². The first-order valence-corrected chi connectivity index (χ1v) is 14.1. The Kier molecular flexibility index (Phi) is 12.4. The highest BCUT2D eigenvalue weighted by molar-refractivity contribution is 7.13. The van der Waals surface area contributed by atoms with Crippen LogP contribution in [-0.4, -0.2) is 64.0 Å². The summed E-state index contributed by atoms with van der Waals surface area (Å²) >= 11 is 1.59. The average Bonchev–Trinajstić information content (AvgIpc) is 3.48. The Bertz CT molecular complexity index is 1100. The Hall–Kier alpha value is -2.53. The summed E-state index contributed by atoms with van der Waals surface area (Å²) in [4.78, 5) is 46.2. The second kappa shape index (κ2) is 14.7. The number of hydrogen-bond donors (Lipinski definition) is 4. The molecular formula is C28H42ClN5O4S. The van der Waals surface area contributed by atoms with Crippen molar-refractivity contribution >= 4 is 41.5 Å². The van der Waals surface area contributed by atoms with E-state index in [0.29, 0.717) is 25.9 Å². The summed E-state index contributed by atoms with van der Waals surface area (Å²) in [6.45, 7) is 8.55. The van der Waals surface area contributed by atoms with Crippen molar-refractivity contribution in [3.05, 3.63) is 41.0 Å². The summed E-state index contributed by atoms with van der Waals surface area (Å²) in [5.74, 6) is -0.875. The summed E-state index contributed by atoms with van der Waals surface area (Å²) in [7, 11) is 0. The van der Waals surface area contributed by atoms with E-state index in [4.69, 9.17) is 5.73 Å². The van der Waals surface area contributed by atoms with E-state index in [1.54, 1.807) is 11.3 Å². The summed E-state index contributed by atoms with van der Waals surface area (Å²) in [6, 6.07) is 6.31. The number of thiazole rings is 1. The number of nitrogens with zero attached hydrogens (tertiary/aromatic N) is 2. The maximum absolute atomic E-state index is 13.6. The maximum Gasteiger partial charge on any atom is 0.246 e. The van der Waals surface area contributed by atoms with Gasteiger partial charge >= 0.3 is 0 Å². The lowest BCUT2D eigenvalue weighted by Gasteiger charge is -2.35. The number of likely N-dealkylation sites (tertiary alicyclic amines) is 1. The predicted octanol–water partition coefficient (Wildman–Crippen LogP) is 3.17. The number of nitrogens with one attached hydrogen (secondary N) is 2. The molecule has 1 aromatic carbocycles. The van der Waals surface area contributed by atoms with E-state index in [1.807, 2.05) is 57.5 Å². The summed E-state index contributed by atoms with van der Waals surface area (Å²) in [5.41, 5.74) is 9.75. The molecule has 0 spiro atoms. The number of β-amino-alcohol motifs (C(OH)–C–C–N with tert-alkyl or cyclic N) is 1. The third kappa shape index (κ3) is 8.99. The van der Waals surface area contributed by atoms with Crippen LogP contribution in [0.4, 0.5) is 0 Å². The Morgan fingerprint density at radius 3 is 2.46 bits per heavy atom. The lowest BCUT2D eigenvalue weighted by atomic mass is 9.85. The lowest BCUT2D eigenvalue weighted by molar-refractivity contribution is -0.144. The molecular weight excluding hydrogens is 538 g/mol. The number of carbonyl (C=O) groups excluding carboxylic acids is 3. The van der Waals surface area contributed by atoms with Crippen molar-refractivity contribution in [1.82, 2.24) is 20.5 Å². The van der Waals surface area contributed by atoms with Crippen LogP contribution in [0, 0.1) is 12.3 Å². The molecule has 0 radical (unpaired) electrons. The molecule has 1 aliphatic rings. The van der Waals surface area contributed by atoms with Gasteiger partial charge in [0.2, 0.25) is 17.7 Å². The molecule has 1 fully saturated rings. The van der Waals surface area contributed by atoms with Crippen molar-refractivity contribution in [3.63, 3.8) is 0 Å². The fraction of sp³-hybridized carbons (Fsp3) is 0.571. The van der Waals surface area contributed by atoms with E-state index in [9.17, 15) is 19.5 Å². The SMILES string of the molecule is Cc1ncsc1-c1ccc(CNC(=O)[C@@H]2C[C@@H](O)CN2C(=O)C(NC(=O)CCCCCN)C(C)(C)C)cc1.Cl. The first-order chi connectivity index (χ1) is 18.0. The van der Waals surface area contributed by atoms with Crippen LogP contribution in [-0.2, 0) is 20.9 Å². The molecule has 0 bridgehead atoms. The van der Waals surface area contributed by atoms with Crippen LogP contribution in [0.25, 0.3) is 10.4 Å². The summed E-state index contributed by atoms with van der Waals surface area (Å²) in [5, 5.41) is 16.2.